The smallest absolute Gasteiger partial charge is 0.205 e. The summed E-state index contributed by atoms with van der Waals surface area (Å²) in [6, 6.07) is 0. The van der Waals surface area contributed by atoms with E-state index in [1.54, 1.807) is 0 Å². The van der Waals surface area contributed by atoms with Gasteiger partial charge in [0.1, 0.15) is 11.8 Å². The standard InChI is InChI=1S/C10H14N6.BrH/c11-8-7-9(13-6-12-8)15-10(14-7)16-4-2-1-3-5-16;/h6H,1-5H2,(H3,11,12,13,14,15);1H. The van der Waals surface area contributed by atoms with E-state index in [1.807, 2.05) is 0 Å². The Morgan fingerprint density at radius 2 is 1.94 bits per heavy atom. The molecule has 0 saturated carbocycles. The minimum absolute atomic E-state index is 0. The Hall–Kier alpha value is -1.37. The summed E-state index contributed by atoms with van der Waals surface area (Å²) in [6.07, 6.45) is 5.19. The Labute approximate surface area is 109 Å². The summed E-state index contributed by atoms with van der Waals surface area (Å²) in [5.41, 5.74) is 7.14. The molecule has 3 N–H and O–H groups in total. The van der Waals surface area contributed by atoms with Crippen LogP contribution in [0.4, 0.5) is 11.8 Å². The minimum atomic E-state index is 0. The van der Waals surface area contributed by atoms with Crippen LogP contribution in [0.1, 0.15) is 19.3 Å². The van der Waals surface area contributed by atoms with Gasteiger partial charge in [-0.2, -0.15) is 4.98 Å². The molecule has 0 spiro atoms. The molecule has 0 aromatic carbocycles. The second-order valence-corrected chi connectivity index (χ2v) is 4.07. The van der Waals surface area contributed by atoms with E-state index >= 15 is 0 Å². The van der Waals surface area contributed by atoms with Gasteiger partial charge in [0.15, 0.2) is 11.5 Å². The number of anilines is 2. The van der Waals surface area contributed by atoms with E-state index < -0.39 is 0 Å². The average Bonchev–Trinajstić information content (AvgIpc) is 2.76. The zero-order valence-electron chi connectivity index (χ0n) is 9.39. The molecule has 0 unspecified atom stereocenters. The molecule has 0 aliphatic carbocycles. The molecule has 92 valence electrons. The Kier molecular flexibility index (Phi) is 3.46. The van der Waals surface area contributed by atoms with Gasteiger partial charge in [-0.15, -0.1) is 17.0 Å². The average molecular weight is 299 g/mol. The van der Waals surface area contributed by atoms with Gasteiger partial charge in [-0.05, 0) is 19.3 Å². The minimum Gasteiger partial charge on any atom is -0.382 e. The van der Waals surface area contributed by atoms with Crippen molar-refractivity contribution in [3.63, 3.8) is 0 Å². The number of nitrogens with zero attached hydrogens (tertiary/aromatic N) is 4. The number of imidazole rings is 1. The Bertz CT molecular complexity index is 504. The largest absolute Gasteiger partial charge is 0.382 e. The second-order valence-electron chi connectivity index (χ2n) is 4.07. The van der Waals surface area contributed by atoms with Crippen LogP contribution in [0.3, 0.4) is 0 Å². The fourth-order valence-electron chi connectivity index (χ4n) is 2.09. The first-order chi connectivity index (χ1) is 7.84. The van der Waals surface area contributed by atoms with Crippen LogP contribution >= 0.6 is 17.0 Å². The number of piperidine rings is 1. The van der Waals surface area contributed by atoms with Gasteiger partial charge in [0.2, 0.25) is 5.95 Å². The number of rotatable bonds is 1. The maximum atomic E-state index is 5.76. The first-order valence-corrected chi connectivity index (χ1v) is 5.56. The summed E-state index contributed by atoms with van der Waals surface area (Å²) in [5.74, 6) is 1.32. The van der Waals surface area contributed by atoms with Gasteiger partial charge in [-0.25, -0.2) is 9.97 Å². The molecule has 1 aliphatic heterocycles. The summed E-state index contributed by atoms with van der Waals surface area (Å²) in [4.78, 5) is 17.9. The number of nitrogen functional groups attached to an aromatic ring is 1. The molecule has 0 radical (unpaired) electrons. The molecule has 17 heavy (non-hydrogen) atoms. The van der Waals surface area contributed by atoms with Crippen LogP contribution in [0.5, 0.6) is 0 Å². The third kappa shape index (κ3) is 2.19. The van der Waals surface area contributed by atoms with Crippen LogP contribution in [0.15, 0.2) is 6.33 Å². The molecule has 1 aliphatic rings. The lowest BCUT2D eigenvalue weighted by Gasteiger charge is -2.25. The highest BCUT2D eigenvalue weighted by Crippen LogP contribution is 2.21. The van der Waals surface area contributed by atoms with Crippen LogP contribution in [-0.2, 0) is 0 Å². The Morgan fingerprint density at radius 1 is 1.18 bits per heavy atom. The molecule has 1 saturated heterocycles. The fourth-order valence-corrected chi connectivity index (χ4v) is 2.09. The monoisotopic (exact) mass is 298 g/mol. The van der Waals surface area contributed by atoms with Crippen LogP contribution < -0.4 is 10.6 Å². The summed E-state index contributed by atoms with van der Waals surface area (Å²) in [7, 11) is 0. The SMILES string of the molecule is Br.Nc1ncnc2nc(N3CCCCC3)[nH]c12. The van der Waals surface area contributed by atoms with E-state index in [-0.39, 0.29) is 17.0 Å². The van der Waals surface area contributed by atoms with E-state index in [9.17, 15) is 0 Å². The van der Waals surface area contributed by atoms with Gasteiger partial charge in [-0.3, -0.25) is 0 Å². The number of aromatic nitrogens is 4. The highest BCUT2D eigenvalue weighted by atomic mass is 79.9. The molecule has 7 heteroatoms. The molecule has 3 rings (SSSR count). The van der Waals surface area contributed by atoms with Crippen LogP contribution in [0.2, 0.25) is 0 Å². The Morgan fingerprint density at radius 3 is 2.65 bits per heavy atom. The molecular formula is C10H15BrN6. The van der Waals surface area contributed by atoms with E-state index in [1.165, 1.54) is 25.6 Å². The van der Waals surface area contributed by atoms with Crippen molar-refractivity contribution in [1.29, 1.82) is 0 Å². The first kappa shape index (κ1) is 12.1. The van der Waals surface area contributed by atoms with E-state index in [0.717, 1.165) is 24.6 Å². The number of aromatic amines is 1. The predicted octanol–water partition coefficient (Wildman–Crippen LogP) is 1.50. The number of halogens is 1. The van der Waals surface area contributed by atoms with Crippen molar-refractivity contribution in [2.45, 2.75) is 19.3 Å². The van der Waals surface area contributed by atoms with Gasteiger partial charge in [0.05, 0.1) is 0 Å². The molecule has 1 fully saturated rings. The van der Waals surface area contributed by atoms with E-state index in [4.69, 9.17) is 5.73 Å². The third-order valence-corrected chi connectivity index (χ3v) is 2.96. The summed E-state index contributed by atoms with van der Waals surface area (Å²) in [5, 5.41) is 0. The maximum Gasteiger partial charge on any atom is 0.205 e. The van der Waals surface area contributed by atoms with E-state index in [0.29, 0.717) is 11.5 Å². The van der Waals surface area contributed by atoms with Crippen LogP contribution in [0, 0.1) is 0 Å². The highest BCUT2D eigenvalue weighted by molar-refractivity contribution is 8.93. The van der Waals surface area contributed by atoms with Gasteiger partial charge < -0.3 is 15.6 Å². The third-order valence-electron chi connectivity index (χ3n) is 2.96. The second kappa shape index (κ2) is 4.87. The van der Waals surface area contributed by atoms with Crippen molar-refractivity contribution in [3.05, 3.63) is 6.33 Å². The van der Waals surface area contributed by atoms with Crippen LogP contribution in [0.25, 0.3) is 11.2 Å². The van der Waals surface area contributed by atoms with Crippen LogP contribution in [-0.4, -0.2) is 33.0 Å². The summed E-state index contributed by atoms with van der Waals surface area (Å²) in [6.45, 7) is 2.10. The summed E-state index contributed by atoms with van der Waals surface area (Å²) >= 11 is 0. The number of fused-ring (bicyclic) bond motifs is 1. The highest BCUT2D eigenvalue weighted by Gasteiger charge is 2.15. The van der Waals surface area contributed by atoms with E-state index in [2.05, 4.69) is 24.8 Å². The first-order valence-electron chi connectivity index (χ1n) is 5.56. The topological polar surface area (TPSA) is 83.7 Å². The van der Waals surface area contributed by atoms with Crippen molar-refractivity contribution < 1.29 is 0 Å². The summed E-state index contributed by atoms with van der Waals surface area (Å²) < 4.78 is 0. The zero-order chi connectivity index (χ0) is 11.0. The lowest BCUT2D eigenvalue weighted by Crippen LogP contribution is -2.30. The molecule has 0 amide bonds. The zero-order valence-corrected chi connectivity index (χ0v) is 11.1. The van der Waals surface area contributed by atoms with Crippen molar-refractivity contribution in [3.8, 4) is 0 Å². The van der Waals surface area contributed by atoms with Gasteiger partial charge in [0.25, 0.3) is 0 Å². The lowest BCUT2D eigenvalue weighted by atomic mass is 10.1. The lowest BCUT2D eigenvalue weighted by molar-refractivity contribution is 0.570. The van der Waals surface area contributed by atoms with Crippen molar-refractivity contribution in [2.75, 3.05) is 23.7 Å². The number of nitrogens with one attached hydrogen (secondary N) is 1. The number of hydrogen-bond donors (Lipinski definition) is 2. The number of H-pyrrole nitrogens is 1. The molecule has 2 aromatic heterocycles. The molecule has 0 atom stereocenters. The molecule has 0 bridgehead atoms. The normalized spacial score (nSPS) is 15.9. The maximum absolute atomic E-state index is 5.76. The number of hydrogen-bond acceptors (Lipinski definition) is 5. The molecule has 3 heterocycles. The predicted molar refractivity (Wildman–Crippen MR) is 72.5 cm³/mol. The van der Waals surface area contributed by atoms with Crippen molar-refractivity contribution in [1.82, 2.24) is 19.9 Å². The van der Waals surface area contributed by atoms with Gasteiger partial charge in [0, 0.05) is 13.1 Å². The van der Waals surface area contributed by atoms with Gasteiger partial charge in [-0.1, -0.05) is 0 Å². The molecular weight excluding hydrogens is 284 g/mol. The van der Waals surface area contributed by atoms with Crippen molar-refractivity contribution >= 4 is 39.9 Å². The fraction of sp³-hybridized carbons (Fsp3) is 0.500. The molecule has 6 nitrogen and oxygen atoms in total. The quantitative estimate of drug-likeness (QED) is 0.833. The van der Waals surface area contributed by atoms with Gasteiger partial charge >= 0.3 is 0 Å². The van der Waals surface area contributed by atoms with Crippen molar-refractivity contribution in [2.24, 2.45) is 0 Å². The Balaban J connectivity index is 0.00000108. The molecule has 2 aromatic rings. The number of nitrogens with two attached hydrogens (primary N) is 1.